The minimum atomic E-state index is -5.79. The summed E-state index contributed by atoms with van der Waals surface area (Å²) < 4.78 is 104. The molecule has 1 nitrogen and oxygen atoms in total. The molecule has 2 bridgehead atoms. The second-order valence-corrected chi connectivity index (χ2v) is 4.57. The van der Waals surface area contributed by atoms with Crippen LogP contribution in [0.3, 0.4) is 0 Å². The molecular weight excluding hydrogens is 300 g/mol. The molecule has 0 aromatic carbocycles. The number of alkyl halides is 8. The average Bonchev–Trinajstić information content (AvgIpc) is 2.80. The highest BCUT2D eigenvalue weighted by molar-refractivity contribution is 5.38. The van der Waals surface area contributed by atoms with E-state index in [1.165, 1.54) is 6.08 Å². The van der Waals surface area contributed by atoms with Gasteiger partial charge in [-0.05, 0) is 0 Å². The van der Waals surface area contributed by atoms with Crippen molar-refractivity contribution < 1.29 is 39.9 Å². The SMILES string of the molecule is FC(F)(F)CO[C@@H]1[C@@H]2C=C[C@H]1C(C(F)(F)C(F)(F)F)=C2. The highest BCUT2D eigenvalue weighted by atomic mass is 19.4. The molecule has 0 heterocycles. The van der Waals surface area contributed by atoms with Crippen LogP contribution in [0.4, 0.5) is 35.1 Å². The molecule has 0 amide bonds. The normalized spacial score (nSPS) is 30.0. The van der Waals surface area contributed by atoms with E-state index in [1.54, 1.807) is 0 Å². The van der Waals surface area contributed by atoms with Gasteiger partial charge in [-0.1, -0.05) is 18.2 Å². The Morgan fingerprint density at radius 1 is 0.950 bits per heavy atom. The van der Waals surface area contributed by atoms with Crippen molar-refractivity contribution in [2.45, 2.75) is 24.4 Å². The first-order valence-corrected chi connectivity index (χ1v) is 5.47. The molecule has 0 saturated heterocycles. The van der Waals surface area contributed by atoms with E-state index in [2.05, 4.69) is 4.74 Å². The lowest BCUT2D eigenvalue weighted by molar-refractivity contribution is -0.267. The number of fused-ring (bicyclic) bond motifs is 2. The van der Waals surface area contributed by atoms with Crippen LogP contribution in [0, 0.1) is 11.8 Å². The van der Waals surface area contributed by atoms with Crippen LogP contribution >= 0.6 is 0 Å². The fourth-order valence-corrected chi connectivity index (χ4v) is 2.34. The van der Waals surface area contributed by atoms with Crippen molar-refractivity contribution in [1.29, 1.82) is 0 Å². The van der Waals surface area contributed by atoms with Crippen LogP contribution in [-0.2, 0) is 4.74 Å². The van der Waals surface area contributed by atoms with E-state index in [-0.39, 0.29) is 0 Å². The second kappa shape index (κ2) is 4.44. The maximum absolute atomic E-state index is 13.2. The van der Waals surface area contributed by atoms with Gasteiger partial charge >= 0.3 is 18.3 Å². The van der Waals surface area contributed by atoms with E-state index in [0.29, 0.717) is 6.08 Å². The summed E-state index contributed by atoms with van der Waals surface area (Å²) in [5.74, 6) is -7.55. The zero-order valence-electron chi connectivity index (χ0n) is 9.60. The van der Waals surface area contributed by atoms with Gasteiger partial charge in [-0.15, -0.1) is 0 Å². The molecule has 0 aromatic heterocycles. The number of hydrogen-bond acceptors (Lipinski definition) is 1. The Balaban J connectivity index is 2.13. The summed E-state index contributed by atoms with van der Waals surface area (Å²) in [6.45, 7) is -1.69. The molecule has 0 aromatic rings. The van der Waals surface area contributed by atoms with Crippen molar-refractivity contribution in [1.82, 2.24) is 0 Å². The maximum atomic E-state index is 13.2. The topological polar surface area (TPSA) is 9.23 Å². The van der Waals surface area contributed by atoms with Crippen molar-refractivity contribution >= 4 is 0 Å². The van der Waals surface area contributed by atoms with Crippen LogP contribution in [0.1, 0.15) is 0 Å². The highest BCUT2D eigenvalue weighted by Crippen LogP contribution is 2.52. The lowest BCUT2D eigenvalue weighted by Gasteiger charge is -2.26. The van der Waals surface area contributed by atoms with Gasteiger partial charge in [0.25, 0.3) is 0 Å². The molecule has 0 spiro atoms. The van der Waals surface area contributed by atoms with E-state index in [9.17, 15) is 35.1 Å². The summed E-state index contributed by atoms with van der Waals surface area (Å²) in [6, 6.07) is 0. The molecule has 0 aliphatic heterocycles. The van der Waals surface area contributed by atoms with Crippen molar-refractivity contribution in [3.63, 3.8) is 0 Å². The van der Waals surface area contributed by atoms with Crippen LogP contribution in [0.5, 0.6) is 0 Å². The maximum Gasteiger partial charge on any atom is 0.457 e. The first kappa shape index (κ1) is 15.3. The van der Waals surface area contributed by atoms with Gasteiger partial charge in [-0.3, -0.25) is 0 Å². The van der Waals surface area contributed by atoms with Gasteiger partial charge in [0.15, 0.2) is 0 Å². The summed E-state index contributed by atoms with van der Waals surface area (Å²) in [5, 5.41) is 0. The second-order valence-electron chi connectivity index (χ2n) is 4.57. The van der Waals surface area contributed by atoms with E-state index < -0.39 is 48.4 Å². The van der Waals surface area contributed by atoms with E-state index in [1.807, 2.05) is 0 Å². The Bertz CT molecular complexity index is 444. The first-order valence-electron chi connectivity index (χ1n) is 5.47. The summed E-state index contributed by atoms with van der Waals surface area (Å²) in [4.78, 5) is 0. The first-order chi connectivity index (χ1) is 8.93. The smallest absolute Gasteiger partial charge is 0.367 e. The minimum Gasteiger partial charge on any atom is -0.367 e. The number of rotatable bonds is 3. The molecule has 9 heteroatoms. The molecular formula is C11H8F8O. The third-order valence-electron chi connectivity index (χ3n) is 3.16. The van der Waals surface area contributed by atoms with Gasteiger partial charge in [0, 0.05) is 17.4 Å². The molecule has 2 aliphatic rings. The molecule has 3 atom stereocenters. The summed E-state index contributed by atoms with van der Waals surface area (Å²) in [6.07, 6.45) is -8.89. The molecule has 114 valence electrons. The summed E-state index contributed by atoms with van der Waals surface area (Å²) >= 11 is 0. The highest BCUT2D eigenvalue weighted by Gasteiger charge is 2.64. The zero-order valence-corrected chi connectivity index (χ0v) is 9.60. The van der Waals surface area contributed by atoms with E-state index in [4.69, 9.17) is 0 Å². The number of ether oxygens (including phenoxy) is 1. The third kappa shape index (κ3) is 2.55. The van der Waals surface area contributed by atoms with Crippen molar-refractivity contribution in [2.75, 3.05) is 6.61 Å². The van der Waals surface area contributed by atoms with Gasteiger partial charge in [-0.2, -0.15) is 35.1 Å². The van der Waals surface area contributed by atoms with Crippen LogP contribution < -0.4 is 0 Å². The van der Waals surface area contributed by atoms with Crippen LogP contribution in [0.15, 0.2) is 23.8 Å². The fraction of sp³-hybridized carbons (Fsp3) is 0.636. The largest absolute Gasteiger partial charge is 0.457 e. The van der Waals surface area contributed by atoms with Gasteiger partial charge in [0.05, 0.1) is 6.10 Å². The summed E-state index contributed by atoms with van der Waals surface area (Å²) in [7, 11) is 0. The van der Waals surface area contributed by atoms with Crippen LogP contribution in [0.25, 0.3) is 0 Å². The molecule has 0 radical (unpaired) electrons. The third-order valence-corrected chi connectivity index (χ3v) is 3.16. The lowest BCUT2D eigenvalue weighted by Crippen LogP contribution is -2.41. The predicted molar refractivity (Wildman–Crippen MR) is 51.0 cm³/mol. The monoisotopic (exact) mass is 308 g/mol. The molecule has 0 N–H and O–H groups in total. The van der Waals surface area contributed by atoms with Gasteiger partial charge < -0.3 is 4.74 Å². The standard InChI is InChI=1S/C11H8F8O/c12-9(13,14)4-20-8-5-1-2-6(8)7(3-5)10(15,16)11(17,18)19/h1-3,5-6,8H,4H2/t5-,6+,8-/m1/s1. The number of hydrogen-bond donors (Lipinski definition) is 0. The Kier molecular flexibility index (Phi) is 3.39. The van der Waals surface area contributed by atoms with Crippen LogP contribution in [-0.4, -0.2) is 31.0 Å². The number of halogens is 8. The van der Waals surface area contributed by atoms with Crippen molar-refractivity contribution in [3.8, 4) is 0 Å². The van der Waals surface area contributed by atoms with Gasteiger partial charge in [0.2, 0.25) is 0 Å². The van der Waals surface area contributed by atoms with E-state index >= 15 is 0 Å². The Hall–Kier alpha value is -1.12. The molecule has 20 heavy (non-hydrogen) atoms. The van der Waals surface area contributed by atoms with Crippen molar-refractivity contribution in [2.24, 2.45) is 11.8 Å². The summed E-state index contributed by atoms with van der Waals surface area (Å²) in [5.41, 5.74) is -1.25. The molecule has 0 saturated carbocycles. The molecule has 2 rings (SSSR count). The Labute approximate surface area is 107 Å². The molecule has 0 unspecified atom stereocenters. The van der Waals surface area contributed by atoms with E-state index in [0.717, 1.165) is 6.08 Å². The molecule has 2 aliphatic carbocycles. The zero-order chi connectivity index (χ0) is 15.3. The van der Waals surface area contributed by atoms with Crippen LogP contribution in [0.2, 0.25) is 0 Å². The minimum absolute atomic E-state index is 0.638. The van der Waals surface area contributed by atoms with Gasteiger partial charge in [-0.25, -0.2) is 0 Å². The average molecular weight is 308 g/mol. The van der Waals surface area contributed by atoms with Crippen molar-refractivity contribution in [3.05, 3.63) is 23.8 Å². The molecule has 0 fully saturated rings. The van der Waals surface area contributed by atoms with Gasteiger partial charge in [0.1, 0.15) is 6.61 Å². The Morgan fingerprint density at radius 3 is 2.05 bits per heavy atom. The predicted octanol–water partition coefficient (Wildman–Crippen LogP) is 3.87. The Morgan fingerprint density at radius 2 is 1.55 bits per heavy atom. The quantitative estimate of drug-likeness (QED) is 0.568. The fourth-order valence-electron chi connectivity index (χ4n) is 2.34. The lowest BCUT2D eigenvalue weighted by atomic mass is 9.95.